The SMILES string of the molecule is Cc1nn(CC(C)C)c(C)c1CC(=O)Nc1ccc(-c2n[nH]c(CN)n2)cc1.Cl. The topological polar surface area (TPSA) is 115 Å². The van der Waals surface area contributed by atoms with Crippen LogP contribution in [0.1, 0.15) is 36.6 Å². The summed E-state index contributed by atoms with van der Waals surface area (Å²) in [6.45, 7) is 9.44. The average molecular weight is 418 g/mol. The number of hydrogen-bond acceptors (Lipinski definition) is 5. The molecule has 0 spiro atoms. The van der Waals surface area contributed by atoms with Gasteiger partial charge in [0.1, 0.15) is 5.82 Å². The molecule has 156 valence electrons. The number of aromatic nitrogens is 5. The van der Waals surface area contributed by atoms with Crippen LogP contribution in [0, 0.1) is 19.8 Å². The van der Waals surface area contributed by atoms with Crippen molar-refractivity contribution in [2.45, 2.75) is 47.2 Å². The number of halogens is 1. The first-order chi connectivity index (χ1) is 13.4. The normalized spacial score (nSPS) is 10.8. The zero-order valence-electron chi connectivity index (χ0n) is 17.2. The molecule has 4 N–H and O–H groups in total. The van der Waals surface area contributed by atoms with Crippen molar-refractivity contribution in [1.29, 1.82) is 0 Å². The molecule has 0 bridgehead atoms. The second-order valence-electron chi connectivity index (χ2n) is 7.34. The minimum Gasteiger partial charge on any atom is -0.326 e. The van der Waals surface area contributed by atoms with Crippen LogP contribution in [0.3, 0.4) is 0 Å². The van der Waals surface area contributed by atoms with Crippen LogP contribution in [-0.2, 0) is 24.3 Å². The monoisotopic (exact) mass is 417 g/mol. The second kappa shape index (κ2) is 9.67. The van der Waals surface area contributed by atoms with Gasteiger partial charge >= 0.3 is 0 Å². The Balaban J connectivity index is 0.00000300. The summed E-state index contributed by atoms with van der Waals surface area (Å²) in [6.07, 6.45) is 0.304. The van der Waals surface area contributed by atoms with E-state index in [1.165, 1.54) is 0 Å². The van der Waals surface area contributed by atoms with Crippen molar-refractivity contribution >= 4 is 24.0 Å². The molecule has 0 atom stereocenters. The Morgan fingerprint density at radius 3 is 2.52 bits per heavy atom. The zero-order chi connectivity index (χ0) is 20.3. The molecule has 0 aliphatic rings. The summed E-state index contributed by atoms with van der Waals surface area (Å²) in [5.74, 6) is 1.66. The molecule has 29 heavy (non-hydrogen) atoms. The van der Waals surface area contributed by atoms with E-state index in [9.17, 15) is 4.79 Å². The predicted molar refractivity (Wildman–Crippen MR) is 116 cm³/mol. The minimum absolute atomic E-state index is 0. The smallest absolute Gasteiger partial charge is 0.228 e. The summed E-state index contributed by atoms with van der Waals surface area (Å²) in [7, 11) is 0. The van der Waals surface area contributed by atoms with Crippen molar-refractivity contribution in [3.05, 3.63) is 47.0 Å². The Kier molecular flexibility index (Phi) is 7.53. The number of nitrogens with one attached hydrogen (secondary N) is 2. The van der Waals surface area contributed by atoms with E-state index in [-0.39, 0.29) is 18.3 Å². The summed E-state index contributed by atoms with van der Waals surface area (Å²) in [5, 5.41) is 14.4. The molecule has 1 amide bonds. The van der Waals surface area contributed by atoms with Gasteiger partial charge in [0.05, 0.1) is 18.7 Å². The fourth-order valence-electron chi connectivity index (χ4n) is 3.10. The number of amides is 1. The highest BCUT2D eigenvalue weighted by Crippen LogP contribution is 2.19. The number of anilines is 1. The molecule has 0 unspecified atom stereocenters. The fourth-order valence-corrected chi connectivity index (χ4v) is 3.10. The molecule has 0 radical (unpaired) electrons. The van der Waals surface area contributed by atoms with Crippen molar-refractivity contribution in [2.75, 3.05) is 5.32 Å². The average Bonchev–Trinajstić information content (AvgIpc) is 3.23. The number of aryl methyl sites for hydroxylation is 1. The number of benzene rings is 1. The molecule has 2 heterocycles. The van der Waals surface area contributed by atoms with E-state index in [1.807, 2.05) is 42.8 Å². The first kappa shape index (κ1) is 22.6. The Morgan fingerprint density at radius 1 is 1.24 bits per heavy atom. The van der Waals surface area contributed by atoms with Gasteiger partial charge in [-0.25, -0.2) is 4.98 Å². The van der Waals surface area contributed by atoms with Gasteiger partial charge in [-0.05, 0) is 44.0 Å². The molecular weight excluding hydrogens is 390 g/mol. The van der Waals surface area contributed by atoms with Crippen LogP contribution in [0.2, 0.25) is 0 Å². The lowest BCUT2D eigenvalue weighted by molar-refractivity contribution is -0.115. The number of nitrogens with zero attached hydrogens (tertiary/aromatic N) is 4. The molecular formula is C20H28ClN7O. The van der Waals surface area contributed by atoms with Crippen LogP contribution in [0.25, 0.3) is 11.4 Å². The third-order valence-corrected chi connectivity index (χ3v) is 4.56. The quantitative estimate of drug-likeness (QED) is 0.546. The van der Waals surface area contributed by atoms with Crippen molar-refractivity contribution < 1.29 is 4.79 Å². The first-order valence-electron chi connectivity index (χ1n) is 9.42. The van der Waals surface area contributed by atoms with Gasteiger partial charge in [-0.2, -0.15) is 10.2 Å². The summed E-state index contributed by atoms with van der Waals surface area (Å²) in [6, 6.07) is 7.42. The first-order valence-corrected chi connectivity index (χ1v) is 9.42. The van der Waals surface area contributed by atoms with Gasteiger partial charge in [-0.3, -0.25) is 14.6 Å². The van der Waals surface area contributed by atoms with Gasteiger partial charge in [0.25, 0.3) is 0 Å². The molecule has 1 aromatic carbocycles. The fraction of sp³-hybridized carbons (Fsp3) is 0.400. The predicted octanol–water partition coefficient (Wildman–Crippen LogP) is 3.00. The number of rotatable bonds is 7. The molecule has 0 fully saturated rings. The maximum atomic E-state index is 12.5. The van der Waals surface area contributed by atoms with E-state index in [4.69, 9.17) is 5.73 Å². The molecule has 3 aromatic rings. The van der Waals surface area contributed by atoms with E-state index in [2.05, 4.69) is 39.4 Å². The molecule has 8 nitrogen and oxygen atoms in total. The third-order valence-electron chi connectivity index (χ3n) is 4.56. The van der Waals surface area contributed by atoms with E-state index in [0.29, 0.717) is 30.5 Å². The lowest BCUT2D eigenvalue weighted by Gasteiger charge is -2.08. The van der Waals surface area contributed by atoms with Crippen LogP contribution < -0.4 is 11.1 Å². The highest BCUT2D eigenvalue weighted by Gasteiger charge is 2.16. The molecule has 2 aromatic heterocycles. The molecule has 0 aliphatic carbocycles. The highest BCUT2D eigenvalue weighted by atomic mass is 35.5. The van der Waals surface area contributed by atoms with E-state index in [0.717, 1.165) is 34.7 Å². The van der Waals surface area contributed by atoms with Gasteiger partial charge in [0.2, 0.25) is 5.91 Å². The number of hydrogen-bond donors (Lipinski definition) is 3. The summed E-state index contributed by atoms with van der Waals surface area (Å²) in [5.41, 5.74) is 10.1. The molecule has 9 heteroatoms. The van der Waals surface area contributed by atoms with Crippen LogP contribution >= 0.6 is 12.4 Å². The van der Waals surface area contributed by atoms with Crippen molar-refractivity contribution in [3.63, 3.8) is 0 Å². The Morgan fingerprint density at radius 2 is 1.93 bits per heavy atom. The standard InChI is InChI=1S/C20H27N7O.ClH/c1-12(2)11-27-14(4)17(13(3)26-27)9-19(28)22-16-7-5-15(6-8-16)20-23-18(10-21)24-25-20;/h5-8,12H,9-11,21H2,1-4H3,(H,22,28)(H,23,24,25);1H. The Bertz CT molecular complexity index is 960. The lowest BCUT2D eigenvalue weighted by atomic mass is 10.1. The third kappa shape index (κ3) is 5.42. The maximum Gasteiger partial charge on any atom is 0.228 e. The van der Waals surface area contributed by atoms with Crippen LogP contribution in [-0.4, -0.2) is 30.9 Å². The number of carbonyl (C=O) groups excluding carboxylic acids is 1. The summed E-state index contributed by atoms with van der Waals surface area (Å²) >= 11 is 0. The Labute approximate surface area is 176 Å². The summed E-state index contributed by atoms with van der Waals surface area (Å²) in [4.78, 5) is 16.8. The van der Waals surface area contributed by atoms with Gasteiger partial charge in [-0.1, -0.05) is 13.8 Å². The molecule has 3 rings (SSSR count). The van der Waals surface area contributed by atoms with Crippen LogP contribution in [0.5, 0.6) is 0 Å². The molecule has 0 saturated heterocycles. The number of aromatic amines is 1. The number of nitrogens with two attached hydrogens (primary N) is 1. The van der Waals surface area contributed by atoms with Gasteiger partial charge in [0, 0.05) is 29.1 Å². The number of H-pyrrole nitrogens is 1. The lowest BCUT2D eigenvalue weighted by Crippen LogP contribution is -2.15. The molecule has 0 saturated carbocycles. The van der Waals surface area contributed by atoms with Gasteiger partial charge in [0.15, 0.2) is 5.82 Å². The van der Waals surface area contributed by atoms with Gasteiger partial charge < -0.3 is 11.1 Å². The zero-order valence-corrected chi connectivity index (χ0v) is 18.0. The van der Waals surface area contributed by atoms with Crippen LogP contribution in [0.4, 0.5) is 5.69 Å². The summed E-state index contributed by atoms with van der Waals surface area (Å²) < 4.78 is 1.99. The number of carbonyl (C=O) groups is 1. The maximum absolute atomic E-state index is 12.5. The largest absolute Gasteiger partial charge is 0.326 e. The van der Waals surface area contributed by atoms with E-state index < -0.39 is 0 Å². The molecule has 0 aliphatic heterocycles. The van der Waals surface area contributed by atoms with Crippen molar-refractivity contribution in [3.8, 4) is 11.4 Å². The Hall–Kier alpha value is -2.71. The van der Waals surface area contributed by atoms with Crippen molar-refractivity contribution in [2.24, 2.45) is 11.7 Å². The van der Waals surface area contributed by atoms with Gasteiger partial charge in [-0.15, -0.1) is 12.4 Å². The minimum atomic E-state index is -0.0636. The van der Waals surface area contributed by atoms with E-state index in [1.54, 1.807) is 0 Å². The highest BCUT2D eigenvalue weighted by molar-refractivity contribution is 5.92. The van der Waals surface area contributed by atoms with E-state index >= 15 is 0 Å². The van der Waals surface area contributed by atoms with Crippen LogP contribution in [0.15, 0.2) is 24.3 Å². The van der Waals surface area contributed by atoms with Crippen molar-refractivity contribution in [1.82, 2.24) is 25.0 Å². The second-order valence-corrected chi connectivity index (χ2v) is 7.34.